The highest BCUT2D eigenvalue weighted by molar-refractivity contribution is 7.89. The molecule has 32 heavy (non-hydrogen) atoms. The van der Waals surface area contributed by atoms with E-state index < -0.39 is 15.4 Å². The summed E-state index contributed by atoms with van der Waals surface area (Å²) in [5.41, 5.74) is 3.45. The summed E-state index contributed by atoms with van der Waals surface area (Å²) >= 11 is 0. The minimum atomic E-state index is -3.81. The summed E-state index contributed by atoms with van der Waals surface area (Å²) in [7, 11) is -3.81. The van der Waals surface area contributed by atoms with Gasteiger partial charge in [0, 0.05) is 9.97 Å². The number of nitrogens with two attached hydrogens (primary N) is 1. The number of hydrogen-bond acceptors (Lipinski definition) is 5. The van der Waals surface area contributed by atoms with Gasteiger partial charge in [0.2, 0.25) is 22.7 Å². The van der Waals surface area contributed by atoms with Crippen molar-refractivity contribution >= 4 is 21.6 Å². The van der Waals surface area contributed by atoms with Crippen LogP contribution in [-0.4, -0.2) is 21.1 Å². The molecule has 5 rings (SSSR count). The first-order chi connectivity index (χ1) is 15.3. The van der Waals surface area contributed by atoms with E-state index >= 15 is 0 Å². The lowest BCUT2D eigenvalue weighted by atomic mass is 9.94. The van der Waals surface area contributed by atoms with Crippen molar-refractivity contribution in [3.63, 3.8) is 0 Å². The van der Waals surface area contributed by atoms with E-state index in [4.69, 9.17) is 14.6 Å². The Bertz CT molecular complexity index is 1360. The van der Waals surface area contributed by atoms with Gasteiger partial charge in [-0.3, -0.25) is 4.79 Å². The highest BCUT2D eigenvalue weighted by Crippen LogP contribution is 2.51. The lowest BCUT2D eigenvalue weighted by Gasteiger charge is -2.17. The number of hydrogen-bond donors (Lipinski definition) is 2. The summed E-state index contributed by atoms with van der Waals surface area (Å²) in [5, 5.41) is 8.32. The number of anilines is 1. The maximum atomic E-state index is 13.2. The molecule has 1 saturated carbocycles. The van der Waals surface area contributed by atoms with E-state index in [1.165, 1.54) is 12.1 Å². The topological polar surface area (TPSA) is 108 Å². The average Bonchev–Trinajstić information content (AvgIpc) is 3.45. The van der Waals surface area contributed by atoms with Crippen LogP contribution < -0.4 is 19.9 Å². The lowest BCUT2D eigenvalue weighted by molar-refractivity contribution is -0.118. The van der Waals surface area contributed by atoms with E-state index in [1.54, 1.807) is 6.07 Å². The van der Waals surface area contributed by atoms with Crippen LogP contribution in [0.15, 0.2) is 65.6 Å². The first-order valence-electron chi connectivity index (χ1n) is 10.2. The summed E-state index contributed by atoms with van der Waals surface area (Å²) in [6.45, 7) is 2.12. The van der Waals surface area contributed by atoms with E-state index in [0.717, 1.165) is 29.5 Å². The molecule has 0 radical (unpaired) electrons. The van der Waals surface area contributed by atoms with Crippen LogP contribution in [0.2, 0.25) is 0 Å². The van der Waals surface area contributed by atoms with Crippen molar-refractivity contribution in [2.45, 2.75) is 30.1 Å². The van der Waals surface area contributed by atoms with Crippen molar-refractivity contribution in [2.75, 3.05) is 12.1 Å². The molecular weight excluding hydrogens is 428 g/mol. The molecule has 7 nitrogen and oxygen atoms in total. The second kappa shape index (κ2) is 7.36. The zero-order valence-electron chi connectivity index (χ0n) is 17.4. The van der Waals surface area contributed by atoms with Gasteiger partial charge in [0.25, 0.3) is 0 Å². The van der Waals surface area contributed by atoms with Crippen molar-refractivity contribution in [3.05, 3.63) is 71.8 Å². The number of carbonyl (C=O) groups excluding carboxylic acids is 1. The molecule has 1 amide bonds. The van der Waals surface area contributed by atoms with Crippen LogP contribution in [0.4, 0.5) is 5.69 Å². The highest BCUT2D eigenvalue weighted by atomic mass is 32.2. The standard InChI is InChI=1S/C24H22N2O5S.3H2/c1-15-5-7-18(13-20(15)16-3-2-4-19(11-16)32(25,28)29)26-23(27)24(9-10-24)17-6-8-21-22(12-17)31-14-30-21;;;/h2-8,11-13H,9-10,14H2,1H3,(H,26,27)(H2,25,28,29);3*1H. The number of amides is 1. The molecule has 1 aliphatic heterocycles. The Morgan fingerprint density at radius 1 is 1.03 bits per heavy atom. The lowest BCUT2D eigenvalue weighted by Crippen LogP contribution is -2.27. The summed E-state index contributed by atoms with van der Waals surface area (Å²) in [4.78, 5) is 13.3. The quantitative estimate of drug-likeness (QED) is 0.590. The van der Waals surface area contributed by atoms with Gasteiger partial charge >= 0.3 is 0 Å². The number of ether oxygens (including phenoxy) is 2. The van der Waals surface area contributed by atoms with Crippen molar-refractivity contribution < 1.29 is 27.0 Å². The van der Waals surface area contributed by atoms with Crippen LogP contribution in [0.25, 0.3) is 11.1 Å². The van der Waals surface area contributed by atoms with Crippen LogP contribution in [0.3, 0.4) is 0 Å². The van der Waals surface area contributed by atoms with E-state index in [2.05, 4.69) is 5.32 Å². The smallest absolute Gasteiger partial charge is 0.238 e. The molecule has 0 spiro atoms. The number of nitrogens with one attached hydrogen (secondary N) is 1. The molecule has 1 heterocycles. The minimum absolute atomic E-state index is 0. The monoisotopic (exact) mass is 456 g/mol. The van der Waals surface area contributed by atoms with Crippen molar-refractivity contribution in [1.29, 1.82) is 0 Å². The fraction of sp³-hybridized carbons (Fsp3) is 0.208. The predicted molar refractivity (Wildman–Crippen MR) is 126 cm³/mol. The molecule has 3 N–H and O–H groups in total. The molecule has 1 aliphatic carbocycles. The van der Waals surface area contributed by atoms with E-state index in [1.807, 2.05) is 49.4 Å². The Morgan fingerprint density at radius 3 is 2.56 bits per heavy atom. The summed E-state index contributed by atoms with van der Waals surface area (Å²) < 4.78 is 34.3. The Hall–Kier alpha value is -3.36. The van der Waals surface area contributed by atoms with Crippen LogP contribution in [0, 0.1) is 6.92 Å². The number of aryl methyl sites for hydroxylation is 1. The number of primary sulfonamides is 1. The summed E-state index contributed by atoms with van der Waals surface area (Å²) in [6, 6.07) is 17.7. The third kappa shape index (κ3) is 3.61. The first kappa shape index (κ1) is 20.5. The molecule has 0 aromatic heterocycles. The second-order valence-corrected chi connectivity index (χ2v) is 9.77. The first-order valence-corrected chi connectivity index (χ1v) is 11.8. The van der Waals surface area contributed by atoms with Gasteiger partial charge in [0.15, 0.2) is 11.5 Å². The van der Waals surface area contributed by atoms with Gasteiger partial charge < -0.3 is 14.8 Å². The van der Waals surface area contributed by atoms with Crippen LogP contribution in [0.5, 0.6) is 11.5 Å². The third-order valence-electron chi connectivity index (χ3n) is 6.08. The minimum Gasteiger partial charge on any atom is -0.454 e. The van der Waals surface area contributed by atoms with Crippen LogP contribution in [-0.2, 0) is 20.2 Å². The Labute approximate surface area is 190 Å². The number of rotatable bonds is 5. The average molecular weight is 457 g/mol. The predicted octanol–water partition coefficient (Wildman–Crippen LogP) is 4.45. The van der Waals surface area contributed by atoms with Gasteiger partial charge in [0.1, 0.15) is 0 Å². The van der Waals surface area contributed by atoms with Crippen molar-refractivity contribution in [3.8, 4) is 22.6 Å². The molecule has 0 atom stereocenters. The molecule has 1 fully saturated rings. The molecule has 2 aliphatic rings. The van der Waals surface area contributed by atoms with E-state index in [-0.39, 0.29) is 21.9 Å². The highest BCUT2D eigenvalue weighted by Gasteiger charge is 2.51. The van der Waals surface area contributed by atoms with Gasteiger partial charge in [0.05, 0.1) is 10.3 Å². The Morgan fingerprint density at radius 2 is 1.81 bits per heavy atom. The molecule has 0 bridgehead atoms. The van der Waals surface area contributed by atoms with Crippen molar-refractivity contribution in [1.82, 2.24) is 0 Å². The number of benzene rings is 3. The summed E-state index contributed by atoms with van der Waals surface area (Å²) in [5.74, 6) is 1.27. The SMILES string of the molecule is Cc1ccc(NC(=O)C2(c3ccc4c(c3)OCO4)CC2)cc1-c1cccc(S(N)(=O)=O)c1.[HH].[HH].[HH]. The van der Waals surface area contributed by atoms with E-state index in [9.17, 15) is 13.2 Å². The van der Waals surface area contributed by atoms with E-state index in [0.29, 0.717) is 22.7 Å². The van der Waals surface area contributed by atoms with Crippen LogP contribution in [0.1, 0.15) is 28.2 Å². The fourth-order valence-corrected chi connectivity index (χ4v) is 4.63. The second-order valence-electron chi connectivity index (χ2n) is 8.21. The molecule has 3 aromatic carbocycles. The van der Waals surface area contributed by atoms with Crippen LogP contribution >= 0.6 is 0 Å². The number of fused-ring (bicyclic) bond motifs is 1. The van der Waals surface area contributed by atoms with Gasteiger partial charge in [-0.15, -0.1) is 0 Å². The molecule has 3 aromatic rings. The van der Waals surface area contributed by atoms with Gasteiger partial charge in [-0.1, -0.05) is 24.3 Å². The van der Waals surface area contributed by atoms with Gasteiger partial charge in [-0.2, -0.15) is 0 Å². The Kier molecular flexibility index (Phi) is 4.72. The number of carbonyl (C=O) groups is 1. The maximum absolute atomic E-state index is 13.2. The molecular formula is C24H28N2O5S. The maximum Gasteiger partial charge on any atom is 0.238 e. The summed E-state index contributed by atoms with van der Waals surface area (Å²) in [6.07, 6.45) is 1.52. The van der Waals surface area contributed by atoms with Crippen molar-refractivity contribution in [2.24, 2.45) is 5.14 Å². The zero-order chi connectivity index (χ0) is 22.5. The number of sulfonamides is 1. The molecule has 0 unspecified atom stereocenters. The zero-order valence-corrected chi connectivity index (χ0v) is 18.2. The van der Waals surface area contributed by atoms with Gasteiger partial charge in [-0.25, -0.2) is 13.6 Å². The molecule has 0 saturated heterocycles. The molecule has 8 heteroatoms. The fourth-order valence-electron chi connectivity index (χ4n) is 4.07. The normalized spacial score (nSPS) is 15.9. The largest absolute Gasteiger partial charge is 0.454 e. The third-order valence-corrected chi connectivity index (χ3v) is 6.99. The Balaban J connectivity index is 0.00000144. The molecule has 170 valence electrons. The van der Waals surface area contributed by atoms with Gasteiger partial charge in [-0.05, 0) is 78.4 Å².